The molecule has 1 aliphatic rings. The van der Waals surface area contributed by atoms with Crippen LogP contribution in [0, 0.1) is 5.82 Å². The summed E-state index contributed by atoms with van der Waals surface area (Å²) in [7, 11) is 3.84. The first-order valence-electron chi connectivity index (χ1n) is 8.84. The van der Waals surface area contributed by atoms with Crippen LogP contribution in [0.3, 0.4) is 0 Å². The first kappa shape index (κ1) is 18.8. The Bertz CT molecular complexity index is 1120. The Kier molecular flexibility index (Phi) is 4.81. The average Bonchev–Trinajstić information content (AvgIpc) is 2.94. The Balaban J connectivity index is 1.94. The van der Waals surface area contributed by atoms with Gasteiger partial charge in [0.05, 0.1) is 17.0 Å². The molecule has 0 saturated heterocycles. The summed E-state index contributed by atoms with van der Waals surface area (Å²) in [6.45, 7) is 1.07. The fourth-order valence-electron chi connectivity index (χ4n) is 3.52. The van der Waals surface area contributed by atoms with E-state index in [2.05, 4.69) is 15.9 Å². The van der Waals surface area contributed by atoms with Crippen molar-refractivity contribution in [1.82, 2.24) is 9.80 Å². The molecule has 7 heteroatoms. The van der Waals surface area contributed by atoms with Gasteiger partial charge >= 0.3 is 0 Å². The van der Waals surface area contributed by atoms with E-state index in [0.717, 1.165) is 16.1 Å². The highest BCUT2D eigenvalue weighted by atomic mass is 79.9. The summed E-state index contributed by atoms with van der Waals surface area (Å²) in [5.41, 5.74) is 0.910. The van der Waals surface area contributed by atoms with Crippen LogP contribution < -0.4 is 5.43 Å². The monoisotopic (exact) mass is 444 g/mol. The highest BCUT2D eigenvalue weighted by Crippen LogP contribution is 2.38. The zero-order chi connectivity index (χ0) is 20.0. The number of amides is 1. The number of carbonyl (C=O) groups excluding carboxylic acids is 1. The Morgan fingerprint density at radius 2 is 1.86 bits per heavy atom. The molecule has 1 unspecified atom stereocenters. The average molecular weight is 445 g/mol. The van der Waals surface area contributed by atoms with Crippen molar-refractivity contribution in [3.63, 3.8) is 0 Å². The molecule has 1 atom stereocenters. The molecule has 144 valence electrons. The van der Waals surface area contributed by atoms with Crippen molar-refractivity contribution in [2.75, 3.05) is 27.2 Å². The van der Waals surface area contributed by atoms with Crippen molar-refractivity contribution in [3.8, 4) is 0 Å². The van der Waals surface area contributed by atoms with Gasteiger partial charge in [-0.3, -0.25) is 9.59 Å². The number of likely N-dealkylation sites (N-methyl/N-ethyl adjacent to an activating group) is 1. The van der Waals surface area contributed by atoms with E-state index in [0.29, 0.717) is 13.1 Å². The summed E-state index contributed by atoms with van der Waals surface area (Å²) in [6, 6.07) is 10.7. The highest BCUT2D eigenvalue weighted by Gasteiger charge is 2.42. The van der Waals surface area contributed by atoms with Crippen molar-refractivity contribution < 1.29 is 13.6 Å². The van der Waals surface area contributed by atoms with Crippen molar-refractivity contribution >= 4 is 32.8 Å². The standard InChI is InChI=1S/C21H18BrFN2O3/c1-24(2)9-10-25-18(12-3-5-13(22)6-4-12)17-19(26)15-11-14(23)7-8-16(15)28-20(17)21(25)27/h3-8,11,18H,9-10H2,1-2H3. The van der Waals surface area contributed by atoms with E-state index in [1.165, 1.54) is 12.1 Å². The molecule has 3 aromatic rings. The molecule has 1 aliphatic heterocycles. The lowest BCUT2D eigenvalue weighted by molar-refractivity contribution is 0.0716. The van der Waals surface area contributed by atoms with E-state index in [4.69, 9.17) is 4.42 Å². The van der Waals surface area contributed by atoms with E-state index in [-0.39, 0.29) is 33.6 Å². The molecule has 2 aromatic carbocycles. The molecule has 1 aromatic heterocycles. The maximum atomic E-state index is 13.7. The third kappa shape index (κ3) is 3.14. The lowest BCUT2D eigenvalue weighted by Gasteiger charge is -2.26. The lowest BCUT2D eigenvalue weighted by atomic mass is 9.98. The van der Waals surface area contributed by atoms with Crippen molar-refractivity contribution in [2.45, 2.75) is 6.04 Å². The molecule has 0 N–H and O–H groups in total. The minimum atomic E-state index is -0.570. The SMILES string of the molecule is CN(C)CCN1C(=O)c2oc3ccc(F)cc3c(=O)c2C1c1ccc(Br)cc1. The zero-order valence-electron chi connectivity index (χ0n) is 15.4. The van der Waals surface area contributed by atoms with Gasteiger partial charge in [0.1, 0.15) is 11.4 Å². The Hall–Kier alpha value is -2.51. The van der Waals surface area contributed by atoms with Crippen LogP contribution in [0.15, 0.2) is 56.1 Å². The zero-order valence-corrected chi connectivity index (χ0v) is 17.0. The number of fused-ring (bicyclic) bond motifs is 2. The fraction of sp³-hybridized carbons (Fsp3) is 0.238. The van der Waals surface area contributed by atoms with Crippen LogP contribution >= 0.6 is 15.9 Å². The van der Waals surface area contributed by atoms with E-state index >= 15 is 0 Å². The van der Waals surface area contributed by atoms with Gasteiger partial charge in [0.25, 0.3) is 5.91 Å². The smallest absolute Gasteiger partial charge is 0.290 e. The number of hydrogen-bond donors (Lipinski definition) is 0. The number of carbonyl (C=O) groups is 1. The fourth-order valence-corrected chi connectivity index (χ4v) is 3.79. The molecule has 0 aliphatic carbocycles. The molecule has 4 rings (SSSR count). The molecule has 1 amide bonds. The maximum absolute atomic E-state index is 13.7. The number of halogens is 2. The molecular formula is C21H18BrFN2O3. The molecular weight excluding hydrogens is 427 g/mol. The molecule has 2 heterocycles. The van der Waals surface area contributed by atoms with Crippen LogP contribution in [0.5, 0.6) is 0 Å². The predicted octanol–water partition coefficient (Wildman–Crippen LogP) is 3.80. The van der Waals surface area contributed by atoms with Gasteiger partial charge in [0.2, 0.25) is 5.76 Å². The lowest BCUT2D eigenvalue weighted by Crippen LogP contribution is -2.35. The van der Waals surface area contributed by atoms with Crippen molar-refractivity contribution in [2.24, 2.45) is 0 Å². The first-order chi connectivity index (χ1) is 13.4. The molecule has 0 spiro atoms. The van der Waals surface area contributed by atoms with Crippen LogP contribution in [-0.4, -0.2) is 42.9 Å². The van der Waals surface area contributed by atoms with E-state index in [9.17, 15) is 14.0 Å². The van der Waals surface area contributed by atoms with Crippen LogP contribution in [0.4, 0.5) is 4.39 Å². The van der Waals surface area contributed by atoms with Crippen LogP contribution in [0.2, 0.25) is 0 Å². The van der Waals surface area contributed by atoms with Gasteiger partial charge in [-0.15, -0.1) is 0 Å². The summed E-state index contributed by atoms with van der Waals surface area (Å²) < 4.78 is 20.4. The predicted molar refractivity (Wildman–Crippen MR) is 108 cm³/mol. The van der Waals surface area contributed by atoms with Crippen molar-refractivity contribution in [3.05, 3.63) is 79.9 Å². The van der Waals surface area contributed by atoms with Gasteiger partial charge in [-0.05, 0) is 50.0 Å². The summed E-state index contributed by atoms with van der Waals surface area (Å²) in [6.07, 6.45) is 0. The number of rotatable bonds is 4. The van der Waals surface area contributed by atoms with Crippen LogP contribution in [0.25, 0.3) is 11.0 Å². The second-order valence-electron chi connectivity index (χ2n) is 7.07. The molecule has 28 heavy (non-hydrogen) atoms. The van der Waals surface area contributed by atoms with Gasteiger partial charge in [-0.2, -0.15) is 0 Å². The van der Waals surface area contributed by atoms with Crippen LogP contribution in [-0.2, 0) is 0 Å². The Morgan fingerprint density at radius 1 is 1.14 bits per heavy atom. The number of hydrogen-bond acceptors (Lipinski definition) is 4. The quantitative estimate of drug-likeness (QED) is 0.613. The largest absolute Gasteiger partial charge is 0.450 e. The Morgan fingerprint density at radius 3 is 2.54 bits per heavy atom. The van der Waals surface area contributed by atoms with Gasteiger partial charge in [0.15, 0.2) is 5.43 Å². The van der Waals surface area contributed by atoms with E-state index in [1.54, 1.807) is 4.90 Å². The van der Waals surface area contributed by atoms with E-state index < -0.39 is 11.9 Å². The van der Waals surface area contributed by atoms with Gasteiger partial charge in [-0.1, -0.05) is 28.1 Å². The summed E-state index contributed by atoms with van der Waals surface area (Å²) in [4.78, 5) is 30.0. The minimum absolute atomic E-state index is 0.0378. The maximum Gasteiger partial charge on any atom is 0.290 e. The summed E-state index contributed by atoms with van der Waals surface area (Å²) >= 11 is 3.41. The third-order valence-electron chi connectivity index (χ3n) is 4.90. The second-order valence-corrected chi connectivity index (χ2v) is 7.99. The second kappa shape index (κ2) is 7.14. The number of nitrogens with zero attached hydrogens (tertiary/aromatic N) is 2. The van der Waals surface area contributed by atoms with Crippen molar-refractivity contribution in [1.29, 1.82) is 0 Å². The van der Waals surface area contributed by atoms with Gasteiger partial charge in [-0.25, -0.2) is 4.39 Å². The van der Waals surface area contributed by atoms with E-state index in [1.807, 2.05) is 43.3 Å². The molecule has 0 radical (unpaired) electrons. The summed E-state index contributed by atoms with van der Waals surface area (Å²) in [5.74, 6) is -0.808. The molecule has 5 nitrogen and oxygen atoms in total. The summed E-state index contributed by atoms with van der Waals surface area (Å²) in [5, 5.41) is 0.142. The number of benzene rings is 2. The third-order valence-corrected chi connectivity index (χ3v) is 5.43. The first-order valence-corrected chi connectivity index (χ1v) is 9.63. The topological polar surface area (TPSA) is 53.8 Å². The minimum Gasteiger partial charge on any atom is -0.450 e. The van der Waals surface area contributed by atoms with Crippen LogP contribution in [0.1, 0.15) is 27.7 Å². The highest BCUT2D eigenvalue weighted by molar-refractivity contribution is 9.10. The molecule has 0 bridgehead atoms. The Labute approximate surface area is 169 Å². The van der Waals surface area contributed by atoms with Gasteiger partial charge < -0.3 is 14.2 Å². The van der Waals surface area contributed by atoms with Gasteiger partial charge in [0, 0.05) is 17.6 Å². The molecule has 0 saturated carbocycles. The normalized spacial score (nSPS) is 16.2. The molecule has 0 fully saturated rings.